The van der Waals surface area contributed by atoms with Gasteiger partial charge in [-0.3, -0.25) is 4.90 Å². The van der Waals surface area contributed by atoms with Crippen LogP contribution in [0.25, 0.3) is 22.2 Å². The Morgan fingerprint density at radius 2 is 1.98 bits per heavy atom. The zero-order valence-corrected chi connectivity index (χ0v) is 24.8. The normalized spacial score (nSPS) is 29.8. The molecule has 3 N–H and O–H groups in total. The summed E-state index contributed by atoms with van der Waals surface area (Å²) in [6.07, 6.45) is -3.17. The number of anilines is 2. The number of aromatic nitrogens is 3. The van der Waals surface area contributed by atoms with Gasteiger partial charge in [-0.1, -0.05) is 11.6 Å². The Kier molecular flexibility index (Phi) is 6.22. The highest BCUT2D eigenvalue weighted by Gasteiger charge is 2.75. The van der Waals surface area contributed by atoms with E-state index in [1.165, 1.54) is 6.92 Å². The van der Waals surface area contributed by atoms with Gasteiger partial charge >= 0.3 is 12.2 Å². The third-order valence-electron chi connectivity index (χ3n) is 10.0. The Labute approximate surface area is 258 Å². The van der Waals surface area contributed by atoms with Crippen LogP contribution in [-0.4, -0.2) is 83.3 Å². The van der Waals surface area contributed by atoms with Crippen LogP contribution < -0.4 is 25.4 Å². The summed E-state index contributed by atoms with van der Waals surface area (Å²) in [5, 5.41) is 3.21. The number of piperidine rings is 1. The number of likely N-dealkylation sites (tertiary alicyclic amines) is 1. The molecule has 0 amide bonds. The van der Waals surface area contributed by atoms with E-state index < -0.39 is 57.6 Å². The number of alkyl halides is 5. The van der Waals surface area contributed by atoms with Gasteiger partial charge in [-0.05, 0) is 38.4 Å². The number of halogens is 7. The van der Waals surface area contributed by atoms with E-state index in [1.54, 1.807) is 11.9 Å². The van der Waals surface area contributed by atoms with Crippen LogP contribution >= 0.6 is 11.6 Å². The predicted molar refractivity (Wildman–Crippen MR) is 152 cm³/mol. The minimum Gasteiger partial charge on any atom is -0.489 e. The van der Waals surface area contributed by atoms with Crippen molar-refractivity contribution < 1.29 is 35.8 Å². The molecule has 1 aliphatic carbocycles. The third kappa shape index (κ3) is 4.25. The summed E-state index contributed by atoms with van der Waals surface area (Å²) in [5.74, 6) is -5.71. The van der Waals surface area contributed by atoms with Crippen LogP contribution in [0.4, 0.5) is 38.0 Å². The van der Waals surface area contributed by atoms with E-state index in [0.29, 0.717) is 6.54 Å². The second-order valence-corrected chi connectivity index (χ2v) is 13.1. The van der Waals surface area contributed by atoms with Gasteiger partial charge in [-0.25, -0.2) is 18.2 Å². The molecule has 45 heavy (non-hydrogen) atoms. The van der Waals surface area contributed by atoms with Gasteiger partial charge in [-0.15, -0.1) is 0 Å². The van der Waals surface area contributed by atoms with Crippen molar-refractivity contribution in [3.8, 4) is 23.0 Å². The van der Waals surface area contributed by atoms with Crippen LogP contribution in [0.3, 0.4) is 0 Å². The first-order valence-corrected chi connectivity index (χ1v) is 15.1. The molecule has 5 aliphatic rings. The molecule has 16 heteroatoms. The van der Waals surface area contributed by atoms with E-state index in [-0.39, 0.29) is 77.7 Å². The fourth-order valence-electron chi connectivity index (χ4n) is 7.88. The molecule has 0 spiro atoms. The molecule has 2 aromatic heterocycles. The first kappa shape index (κ1) is 29.1. The van der Waals surface area contributed by atoms with Crippen molar-refractivity contribution in [2.45, 2.75) is 56.0 Å². The highest BCUT2D eigenvalue weighted by molar-refractivity contribution is 6.36. The van der Waals surface area contributed by atoms with Crippen molar-refractivity contribution in [3.05, 3.63) is 28.0 Å². The zero-order chi connectivity index (χ0) is 31.7. The Morgan fingerprint density at radius 3 is 2.71 bits per heavy atom. The Bertz CT molecular complexity index is 1760. The smallest absolute Gasteiger partial charge is 0.418 e. The largest absolute Gasteiger partial charge is 0.489 e. The maximum absolute atomic E-state index is 16.8. The number of pyridine rings is 1. The van der Waals surface area contributed by atoms with Crippen LogP contribution in [0.1, 0.15) is 24.0 Å². The van der Waals surface area contributed by atoms with Gasteiger partial charge in [0.25, 0.3) is 5.92 Å². The molecule has 6 heterocycles. The number of nitrogens with two attached hydrogens (primary N) is 1. The molecule has 4 aliphatic heterocycles. The van der Waals surface area contributed by atoms with Crippen LogP contribution in [0, 0.1) is 24.6 Å². The van der Waals surface area contributed by atoms with Crippen molar-refractivity contribution in [1.82, 2.24) is 25.2 Å². The number of hydrogen-bond donors (Lipinski definition) is 2. The summed E-state index contributed by atoms with van der Waals surface area (Å²) in [4.78, 5) is 16.6. The van der Waals surface area contributed by atoms with Crippen molar-refractivity contribution in [3.63, 3.8) is 0 Å². The molecule has 2 bridgehead atoms. The number of nitrogen functional groups attached to an aromatic ring is 1. The number of nitrogens with zero attached hydrogens (tertiary/aromatic N) is 5. The number of piperazine rings is 1. The van der Waals surface area contributed by atoms with Gasteiger partial charge in [0, 0.05) is 31.1 Å². The van der Waals surface area contributed by atoms with E-state index in [2.05, 4.69) is 20.3 Å². The topological polar surface area (TPSA) is 102 Å². The lowest BCUT2D eigenvalue weighted by atomic mass is 9.98. The molecular formula is C29H28ClF6N7O2. The van der Waals surface area contributed by atoms with Gasteiger partial charge in [-0.2, -0.15) is 23.1 Å². The molecule has 2 unspecified atom stereocenters. The van der Waals surface area contributed by atoms with Crippen LogP contribution in [0.15, 0.2) is 6.07 Å². The van der Waals surface area contributed by atoms with Crippen molar-refractivity contribution in [2.75, 3.05) is 44.0 Å². The number of ether oxygens (including phenoxy) is 2. The molecule has 6 atom stereocenters. The lowest BCUT2D eigenvalue weighted by Crippen LogP contribution is -2.60. The monoisotopic (exact) mass is 655 g/mol. The average Bonchev–Trinajstić information content (AvgIpc) is 3.18. The molecule has 240 valence electrons. The number of nitrogens with one attached hydrogen (secondary N) is 1. The highest BCUT2D eigenvalue weighted by atomic mass is 35.5. The summed E-state index contributed by atoms with van der Waals surface area (Å²) in [5.41, 5.74) is 2.51. The highest BCUT2D eigenvalue weighted by Crippen LogP contribution is 2.62. The lowest BCUT2D eigenvalue weighted by molar-refractivity contribution is -0.137. The minimum absolute atomic E-state index is 0.00628. The molecule has 1 aromatic carbocycles. The summed E-state index contributed by atoms with van der Waals surface area (Å²) < 4.78 is 100. The van der Waals surface area contributed by atoms with E-state index >= 15 is 4.39 Å². The molecular weight excluding hydrogens is 628 g/mol. The maximum atomic E-state index is 16.8. The number of fused-ring (bicyclic) bond motifs is 6. The Hall–Kier alpha value is -3.30. The molecule has 1 saturated carbocycles. The van der Waals surface area contributed by atoms with Crippen LogP contribution in [0.2, 0.25) is 5.02 Å². The Morgan fingerprint density at radius 1 is 1.20 bits per heavy atom. The number of likely N-dealkylation sites (N-methyl/N-ethyl adjacent to an activating group) is 1. The maximum Gasteiger partial charge on any atom is 0.418 e. The summed E-state index contributed by atoms with van der Waals surface area (Å²) in [6.45, 7) is 1.80. The Balaban J connectivity index is 1.32. The van der Waals surface area contributed by atoms with Crippen molar-refractivity contribution in [2.24, 2.45) is 11.8 Å². The van der Waals surface area contributed by atoms with Gasteiger partial charge in [0.05, 0.1) is 45.2 Å². The molecule has 0 radical (unpaired) electrons. The average molecular weight is 656 g/mol. The van der Waals surface area contributed by atoms with Gasteiger partial charge in [0.15, 0.2) is 11.6 Å². The predicted octanol–water partition coefficient (Wildman–Crippen LogP) is 4.67. The molecule has 4 fully saturated rings. The third-order valence-corrected chi connectivity index (χ3v) is 10.4. The molecule has 3 aromatic rings. The van der Waals surface area contributed by atoms with Crippen LogP contribution in [-0.2, 0) is 6.18 Å². The lowest BCUT2D eigenvalue weighted by Gasteiger charge is -2.40. The zero-order valence-electron chi connectivity index (χ0n) is 24.1. The SMILES string of the molecule is Cc1cc(N)nc(-c2c(Cl)c3c4c(nc(OC[C@@H]5C6C(CN5C)C6(F)F)nc4c2F)N2C[C@H]4CC[C@H](N4)[C@H]2CO3)c1C(F)(F)F. The second kappa shape index (κ2) is 9.61. The van der Waals surface area contributed by atoms with E-state index in [4.69, 9.17) is 26.8 Å². The van der Waals surface area contributed by atoms with Crippen molar-refractivity contribution >= 4 is 34.1 Å². The van der Waals surface area contributed by atoms with Gasteiger partial charge in [0.2, 0.25) is 0 Å². The standard InChI is InChI=1S/C29H28ClF6N7O2/c1-10-5-16(37)39-23(19(10)29(34,35)36)17-21(30)25-18-24(22(17)31)40-27(45-9-15-20-12(7-42(15)2)28(20,32)33)41-26(18)43-6-11-3-4-13(38-11)14(43)8-44-25/h5,11-15,20,38H,3-4,6-9H2,1-2H3,(H2,37,39)/t11-,12?,13+,14-,15-,20?/m1/s1. The van der Waals surface area contributed by atoms with Gasteiger partial charge < -0.3 is 25.4 Å². The summed E-state index contributed by atoms with van der Waals surface area (Å²) >= 11 is 6.75. The number of hydrogen-bond acceptors (Lipinski definition) is 9. The van der Waals surface area contributed by atoms with Crippen LogP contribution in [0.5, 0.6) is 11.8 Å². The fraction of sp³-hybridized carbons (Fsp3) is 0.552. The first-order valence-electron chi connectivity index (χ1n) is 14.7. The minimum atomic E-state index is -4.92. The molecule has 9 nitrogen and oxygen atoms in total. The summed E-state index contributed by atoms with van der Waals surface area (Å²) in [6, 6.07) is -0.0100. The number of benzene rings is 1. The van der Waals surface area contributed by atoms with E-state index in [9.17, 15) is 22.0 Å². The van der Waals surface area contributed by atoms with E-state index in [0.717, 1.165) is 18.9 Å². The van der Waals surface area contributed by atoms with E-state index in [1.807, 2.05) is 4.90 Å². The van der Waals surface area contributed by atoms with Crippen molar-refractivity contribution in [1.29, 1.82) is 0 Å². The quantitative estimate of drug-likeness (QED) is 0.389. The van der Waals surface area contributed by atoms with Gasteiger partial charge in [0.1, 0.15) is 30.4 Å². The second-order valence-electron chi connectivity index (χ2n) is 12.7. The number of aryl methyl sites for hydroxylation is 1. The summed E-state index contributed by atoms with van der Waals surface area (Å²) in [7, 11) is 1.73. The fourth-order valence-corrected chi connectivity index (χ4v) is 8.20. The molecule has 8 rings (SSSR count). The molecule has 3 saturated heterocycles. The first-order chi connectivity index (χ1) is 21.3. The number of rotatable bonds is 4.